The number of carbonyl (C=O) groups excluding carboxylic acids is 3. The summed E-state index contributed by atoms with van der Waals surface area (Å²) in [6, 6.07) is 5.09. The molecule has 6 nitrogen and oxygen atoms in total. The summed E-state index contributed by atoms with van der Waals surface area (Å²) in [6.07, 6.45) is 2.37. The van der Waals surface area contributed by atoms with Gasteiger partial charge in [-0.2, -0.15) is 0 Å². The van der Waals surface area contributed by atoms with E-state index in [2.05, 4.69) is 24.5 Å². The Kier molecular flexibility index (Phi) is 4.74. The molecule has 2 saturated heterocycles. The second kappa shape index (κ2) is 6.85. The number of benzene rings is 1. The summed E-state index contributed by atoms with van der Waals surface area (Å²) in [5.41, 5.74) is -0.0272. The summed E-state index contributed by atoms with van der Waals surface area (Å²) in [6.45, 7) is 6.60. The Balaban J connectivity index is 1.84. The van der Waals surface area contributed by atoms with Gasteiger partial charge in [0.25, 0.3) is 0 Å². The Morgan fingerprint density at radius 1 is 1.21 bits per heavy atom. The molecular weight excluding hydrogens is 378 g/mol. The van der Waals surface area contributed by atoms with Gasteiger partial charge in [-0.25, -0.2) is 0 Å². The fourth-order valence-electron chi connectivity index (χ4n) is 5.10. The van der Waals surface area contributed by atoms with Gasteiger partial charge in [0.15, 0.2) is 0 Å². The predicted molar refractivity (Wildman–Crippen MR) is 107 cm³/mol. The van der Waals surface area contributed by atoms with Crippen LogP contribution >= 0.6 is 11.6 Å². The molecule has 3 heterocycles. The monoisotopic (exact) mass is 403 g/mol. The zero-order valence-electron chi connectivity index (χ0n) is 16.4. The SMILES string of the molecule is CCCCN1C(=O)[C@@H]2[C@@H](C1=O)[C@@]1(N[C@@H]2CC(C)C)C(=O)Nc2c(Cl)cccc21. The van der Waals surface area contributed by atoms with Crippen LogP contribution in [-0.4, -0.2) is 35.2 Å². The van der Waals surface area contributed by atoms with E-state index in [0.717, 1.165) is 12.8 Å². The molecule has 28 heavy (non-hydrogen) atoms. The van der Waals surface area contributed by atoms with Crippen LogP contribution in [0, 0.1) is 17.8 Å². The fraction of sp³-hybridized carbons (Fsp3) is 0.571. The highest BCUT2D eigenvalue weighted by molar-refractivity contribution is 6.35. The van der Waals surface area contributed by atoms with Crippen LogP contribution in [0.5, 0.6) is 0 Å². The Morgan fingerprint density at radius 3 is 2.64 bits per heavy atom. The van der Waals surface area contributed by atoms with Gasteiger partial charge in [0, 0.05) is 18.2 Å². The Morgan fingerprint density at radius 2 is 1.96 bits per heavy atom. The molecule has 0 bridgehead atoms. The Labute approximate surface area is 170 Å². The molecule has 0 unspecified atom stereocenters. The van der Waals surface area contributed by atoms with E-state index < -0.39 is 17.4 Å². The minimum Gasteiger partial charge on any atom is -0.323 e. The average Bonchev–Trinajstić information content (AvgIpc) is 3.20. The van der Waals surface area contributed by atoms with Crippen LogP contribution in [0.15, 0.2) is 18.2 Å². The molecule has 1 spiro atoms. The second-order valence-electron chi connectivity index (χ2n) is 8.49. The molecule has 4 atom stereocenters. The van der Waals surface area contributed by atoms with Gasteiger partial charge in [0.2, 0.25) is 17.7 Å². The minimum atomic E-state index is -1.24. The van der Waals surface area contributed by atoms with Gasteiger partial charge in [0.1, 0.15) is 5.54 Å². The Bertz CT molecular complexity index is 855. The summed E-state index contributed by atoms with van der Waals surface area (Å²) < 4.78 is 0. The number of nitrogens with zero attached hydrogens (tertiary/aromatic N) is 1. The number of hydrogen-bond acceptors (Lipinski definition) is 4. The van der Waals surface area contributed by atoms with Crippen molar-refractivity contribution in [1.29, 1.82) is 0 Å². The highest BCUT2D eigenvalue weighted by Crippen LogP contribution is 2.54. The first-order valence-electron chi connectivity index (χ1n) is 10.1. The van der Waals surface area contributed by atoms with Crippen molar-refractivity contribution in [3.8, 4) is 0 Å². The fourth-order valence-corrected chi connectivity index (χ4v) is 5.32. The van der Waals surface area contributed by atoms with Crippen LogP contribution in [0.3, 0.4) is 0 Å². The number of hydrogen-bond donors (Lipinski definition) is 2. The maximum Gasteiger partial charge on any atom is 0.250 e. The lowest BCUT2D eigenvalue weighted by atomic mass is 9.76. The van der Waals surface area contributed by atoms with Crippen LogP contribution in [0.25, 0.3) is 0 Å². The van der Waals surface area contributed by atoms with Crippen molar-refractivity contribution in [1.82, 2.24) is 10.2 Å². The molecule has 0 aromatic heterocycles. The largest absolute Gasteiger partial charge is 0.323 e. The summed E-state index contributed by atoms with van der Waals surface area (Å²) in [4.78, 5) is 41.2. The number of likely N-dealkylation sites (tertiary alicyclic amines) is 1. The topological polar surface area (TPSA) is 78.5 Å². The van der Waals surface area contributed by atoms with E-state index in [4.69, 9.17) is 11.6 Å². The molecule has 2 fully saturated rings. The summed E-state index contributed by atoms with van der Waals surface area (Å²) in [7, 11) is 0. The maximum absolute atomic E-state index is 13.4. The number of rotatable bonds is 5. The molecule has 0 aliphatic carbocycles. The normalized spacial score (nSPS) is 31.1. The van der Waals surface area contributed by atoms with Crippen molar-refractivity contribution >= 4 is 35.0 Å². The second-order valence-corrected chi connectivity index (χ2v) is 8.90. The lowest BCUT2D eigenvalue weighted by molar-refractivity contribution is -0.142. The highest BCUT2D eigenvalue weighted by atomic mass is 35.5. The first-order valence-corrected chi connectivity index (χ1v) is 10.4. The lowest BCUT2D eigenvalue weighted by Crippen LogP contribution is -2.53. The number of unbranched alkanes of at least 4 members (excludes halogenated alkanes) is 1. The third-order valence-electron chi connectivity index (χ3n) is 6.25. The quantitative estimate of drug-likeness (QED) is 0.741. The zero-order chi connectivity index (χ0) is 20.2. The number of anilines is 1. The highest BCUT2D eigenvalue weighted by Gasteiger charge is 2.70. The molecule has 3 amide bonds. The summed E-state index contributed by atoms with van der Waals surface area (Å²) in [5, 5.41) is 6.73. The number of fused-ring (bicyclic) bond motifs is 4. The van der Waals surface area contributed by atoms with Crippen LogP contribution in [0.1, 0.15) is 45.6 Å². The van der Waals surface area contributed by atoms with Crippen molar-refractivity contribution in [3.05, 3.63) is 28.8 Å². The Hall–Kier alpha value is -1.92. The van der Waals surface area contributed by atoms with Crippen molar-refractivity contribution in [2.75, 3.05) is 11.9 Å². The zero-order valence-corrected chi connectivity index (χ0v) is 17.2. The van der Waals surface area contributed by atoms with E-state index >= 15 is 0 Å². The standard InChI is InChI=1S/C21H26ClN3O3/c1-4-5-9-25-18(26)15-14(10-11(2)3)24-21(16(15)19(25)27)12-7-6-8-13(22)17(12)23-20(21)28/h6-8,11,14-16,24H,4-5,9-10H2,1-3H3,(H,23,28)/t14-,15+,16+,21-/m1/s1. The predicted octanol–water partition coefficient (Wildman–Crippen LogP) is 2.91. The van der Waals surface area contributed by atoms with Crippen LogP contribution in [0.4, 0.5) is 5.69 Å². The number of nitrogens with one attached hydrogen (secondary N) is 2. The number of para-hydroxylation sites is 1. The van der Waals surface area contributed by atoms with E-state index in [-0.39, 0.29) is 23.8 Å². The molecule has 3 aliphatic rings. The smallest absolute Gasteiger partial charge is 0.250 e. The lowest BCUT2D eigenvalue weighted by Gasteiger charge is -2.29. The molecule has 1 aromatic carbocycles. The third-order valence-corrected chi connectivity index (χ3v) is 6.57. The average molecular weight is 404 g/mol. The van der Waals surface area contributed by atoms with Gasteiger partial charge in [-0.1, -0.05) is 50.9 Å². The molecule has 3 aliphatic heterocycles. The van der Waals surface area contributed by atoms with Gasteiger partial charge in [-0.3, -0.25) is 24.6 Å². The molecule has 2 N–H and O–H groups in total. The maximum atomic E-state index is 13.4. The van der Waals surface area contributed by atoms with E-state index in [1.165, 1.54) is 4.90 Å². The van der Waals surface area contributed by atoms with E-state index in [0.29, 0.717) is 35.2 Å². The number of imide groups is 1. The van der Waals surface area contributed by atoms with Crippen LogP contribution in [0.2, 0.25) is 5.02 Å². The summed E-state index contributed by atoms with van der Waals surface area (Å²) in [5.74, 6) is -1.63. The molecule has 0 saturated carbocycles. The first-order chi connectivity index (χ1) is 13.3. The first kappa shape index (κ1) is 19.4. The van der Waals surface area contributed by atoms with Crippen LogP contribution in [-0.2, 0) is 19.9 Å². The van der Waals surface area contributed by atoms with E-state index in [1.807, 2.05) is 13.0 Å². The van der Waals surface area contributed by atoms with Crippen molar-refractivity contribution < 1.29 is 14.4 Å². The van der Waals surface area contributed by atoms with Crippen molar-refractivity contribution in [3.63, 3.8) is 0 Å². The van der Waals surface area contributed by atoms with E-state index in [1.54, 1.807) is 12.1 Å². The van der Waals surface area contributed by atoms with Gasteiger partial charge in [0.05, 0.1) is 22.5 Å². The molecular formula is C21H26ClN3O3. The third kappa shape index (κ3) is 2.54. The number of halogens is 1. The van der Waals surface area contributed by atoms with Crippen molar-refractivity contribution in [2.45, 2.75) is 51.6 Å². The summed E-state index contributed by atoms with van der Waals surface area (Å²) >= 11 is 6.32. The molecule has 4 rings (SSSR count). The number of amides is 3. The molecule has 0 radical (unpaired) electrons. The van der Waals surface area contributed by atoms with Crippen molar-refractivity contribution in [2.24, 2.45) is 17.8 Å². The number of carbonyl (C=O) groups is 3. The van der Waals surface area contributed by atoms with Gasteiger partial charge in [-0.15, -0.1) is 0 Å². The van der Waals surface area contributed by atoms with Gasteiger partial charge >= 0.3 is 0 Å². The van der Waals surface area contributed by atoms with E-state index in [9.17, 15) is 14.4 Å². The molecule has 1 aromatic rings. The molecule has 7 heteroatoms. The molecule has 150 valence electrons. The van der Waals surface area contributed by atoms with Gasteiger partial charge in [-0.05, 0) is 24.8 Å². The van der Waals surface area contributed by atoms with Gasteiger partial charge < -0.3 is 5.32 Å². The van der Waals surface area contributed by atoms with Crippen LogP contribution < -0.4 is 10.6 Å². The minimum absolute atomic E-state index is 0.151.